The Morgan fingerprint density at radius 1 is 1.43 bits per heavy atom. The van der Waals surface area contributed by atoms with E-state index >= 15 is 0 Å². The molecule has 0 aliphatic heterocycles. The Kier molecular flexibility index (Phi) is 3.34. The summed E-state index contributed by atoms with van der Waals surface area (Å²) in [5, 5.41) is 2.58. The van der Waals surface area contributed by atoms with E-state index in [0.29, 0.717) is 12.2 Å². The Hall–Kier alpha value is -1.71. The Bertz CT molecular complexity index is 308. The van der Waals surface area contributed by atoms with Gasteiger partial charge in [0.1, 0.15) is 0 Å². The molecular weight excluding hydrogens is 178 g/mol. The fourth-order valence-corrected chi connectivity index (χ4v) is 1.23. The van der Waals surface area contributed by atoms with Gasteiger partial charge in [0, 0.05) is 25.0 Å². The monoisotopic (exact) mass is 193 g/mol. The minimum absolute atomic E-state index is 0.114. The number of hydrogen-bond acceptors (Lipinski definition) is 2. The van der Waals surface area contributed by atoms with Crippen LogP contribution >= 0.6 is 0 Å². The highest BCUT2D eigenvalue weighted by Gasteiger charge is 2.10. The maximum absolute atomic E-state index is 11.4. The van der Waals surface area contributed by atoms with Gasteiger partial charge in [-0.25, -0.2) is 4.79 Å². The summed E-state index contributed by atoms with van der Waals surface area (Å²) in [6.07, 6.45) is 0. The van der Waals surface area contributed by atoms with Crippen molar-refractivity contribution in [3.05, 3.63) is 24.3 Å². The minimum Gasteiger partial charge on any atom is -0.399 e. The van der Waals surface area contributed by atoms with Crippen molar-refractivity contribution < 1.29 is 4.79 Å². The van der Waals surface area contributed by atoms with E-state index in [1.165, 1.54) is 0 Å². The summed E-state index contributed by atoms with van der Waals surface area (Å²) in [4.78, 5) is 13.1. The van der Waals surface area contributed by atoms with Crippen LogP contribution in [-0.4, -0.2) is 19.6 Å². The molecule has 76 valence electrons. The summed E-state index contributed by atoms with van der Waals surface area (Å²) < 4.78 is 0. The number of benzene rings is 1. The van der Waals surface area contributed by atoms with Crippen molar-refractivity contribution in [2.45, 2.75) is 6.92 Å². The van der Waals surface area contributed by atoms with Gasteiger partial charge in [-0.2, -0.15) is 0 Å². The second kappa shape index (κ2) is 4.50. The number of nitrogen functional groups attached to an aromatic ring is 1. The van der Waals surface area contributed by atoms with Crippen LogP contribution < -0.4 is 16.0 Å². The average Bonchev–Trinajstić information content (AvgIpc) is 2.21. The van der Waals surface area contributed by atoms with E-state index in [-0.39, 0.29) is 6.03 Å². The maximum atomic E-state index is 11.4. The van der Waals surface area contributed by atoms with Gasteiger partial charge in [0.15, 0.2) is 0 Å². The number of rotatable bonds is 2. The van der Waals surface area contributed by atoms with Crippen LogP contribution in [0.4, 0.5) is 16.2 Å². The number of nitrogens with zero attached hydrogens (tertiary/aromatic N) is 1. The molecule has 2 amide bonds. The molecule has 1 rings (SSSR count). The molecule has 4 heteroatoms. The number of carbonyl (C=O) groups is 1. The second-order valence-electron chi connectivity index (χ2n) is 2.89. The van der Waals surface area contributed by atoms with Crippen LogP contribution in [0.3, 0.4) is 0 Å². The molecule has 1 aromatic rings. The van der Waals surface area contributed by atoms with Gasteiger partial charge in [0.2, 0.25) is 0 Å². The van der Waals surface area contributed by atoms with Crippen LogP contribution in [0, 0.1) is 0 Å². The minimum atomic E-state index is -0.114. The molecule has 1 aromatic carbocycles. The van der Waals surface area contributed by atoms with Crippen LogP contribution in [0.15, 0.2) is 24.3 Å². The van der Waals surface area contributed by atoms with E-state index in [9.17, 15) is 4.79 Å². The zero-order valence-corrected chi connectivity index (χ0v) is 8.45. The molecule has 0 bridgehead atoms. The van der Waals surface area contributed by atoms with Crippen molar-refractivity contribution in [3.8, 4) is 0 Å². The quantitative estimate of drug-likeness (QED) is 0.698. The number of anilines is 2. The Morgan fingerprint density at radius 3 is 2.43 bits per heavy atom. The Morgan fingerprint density at radius 2 is 2.00 bits per heavy atom. The summed E-state index contributed by atoms with van der Waals surface area (Å²) in [5.74, 6) is 0. The largest absolute Gasteiger partial charge is 0.399 e. The Balaban J connectivity index is 2.89. The van der Waals surface area contributed by atoms with Gasteiger partial charge in [-0.05, 0) is 31.2 Å². The number of urea groups is 1. The van der Waals surface area contributed by atoms with E-state index in [1.807, 2.05) is 19.1 Å². The SMILES string of the molecule is CCN(C(=O)NC)c1ccc(N)cc1. The van der Waals surface area contributed by atoms with E-state index < -0.39 is 0 Å². The molecular formula is C10H15N3O. The van der Waals surface area contributed by atoms with Gasteiger partial charge in [0.05, 0.1) is 0 Å². The van der Waals surface area contributed by atoms with Gasteiger partial charge in [-0.3, -0.25) is 4.90 Å². The molecule has 0 aromatic heterocycles. The first-order chi connectivity index (χ1) is 6.69. The van der Waals surface area contributed by atoms with Crippen LogP contribution in [-0.2, 0) is 0 Å². The van der Waals surface area contributed by atoms with Crippen LogP contribution in [0.25, 0.3) is 0 Å². The van der Waals surface area contributed by atoms with Gasteiger partial charge >= 0.3 is 6.03 Å². The van der Waals surface area contributed by atoms with Crippen molar-refractivity contribution >= 4 is 17.4 Å². The third kappa shape index (κ3) is 2.16. The standard InChI is InChI=1S/C10H15N3O/c1-3-13(10(14)12-2)9-6-4-8(11)5-7-9/h4-7H,3,11H2,1-2H3,(H,12,14). The number of amides is 2. The lowest BCUT2D eigenvalue weighted by Gasteiger charge is -2.20. The molecule has 0 fully saturated rings. The fraction of sp³-hybridized carbons (Fsp3) is 0.300. The van der Waals surface area contributed by atoms with Crippen molar-refractivity contribution in [2.75, 3.05) is 24.2 Å². The predicted molar refractivity (Wildman–Crippen MR) is 58.3 cm³/mol. The van der Waals surface area contributed by atoms with Crippen molar-refractivity contribution in [3.63, 3.8) is 0 Å². The smallest absolute Gasteiger partial charge is 0.321 e. The first-order valence-corrected chi connectivity index (χ1v) is 4.53. The highest BCUT2D eigenvalue weighted by atomic mass is 16.2. The van der Waals surface area contributed by atoms with Crippen LogP contribution in [0.2, 0.25) is 0 Å². The lowest BCUT2D eigenvalue weighted by atomic mass is 10.2. The van der Waals surface area contributed by atoms with Gasteiger partial charge in [-0.1, -0.05) is 0 Å². The predicted octanol–water partition coefficient (Wildman–Crippen LogP) is 1.43. The number of nitrogens with one attached hydrogen (secondary N) is 1. The summed E-state index contributed by atoms with van der Waals surface area (Å²) >= 11 is 0. The molecule has 0 heterocycles. The summed E-state index contributed by atoms with van der Waals surface area (Å²) in [7, 11) is 1.61. The molecule has 0 saturated carbocycles. The van der Waals surface area contributed by atoms with Crippen LogP contribution in [0.1, 0.15) is 6.92 Å². The summed E-state index contributed by atoms with van der Waals surface area (Å²) in [6.45, 7) is 2.55. The number of hydrogen-bond donors (Lipinski definition) is 2. The fourth-order valence-electron chi connectivity index (χ4n) is 1.23. The maximum Gasteiger partial charge on any atom is 0.321 e. The van der Waals surface area contributed by atoms with E-state index in [0.717, 1.165) is 5.69 Å². The molecule has 0 spiro atoms. The zero-order chi connectivity index (χ0) is 10.6. The molecule has 0 saturated heterocycles. The lowest BCUT2D eigenvalue weighted by Crippen LogP contribution is -2.37. The van der Waals surface area contributed by atoms with Gasteiger partial charge < -0.3 is 11.1 Å². The molecule has 0 unspecified atom stereocenters. The van der Waals surface area contributed by atoms with Crippen molar-refractivity contribution in [1.29, 1.82) is 0 Å². The third-order valence-corrected chi connectivity index (χ3v) is 1.98. The normalized spacial score (nSPS) is 9.57. The molecule has 3 N–H and O–H groups in total. The van der Waals surface area contributed by atoms with Gasteiger partial charge in [-0.15, -0.1) is 0 Å². The first-order valence-electron chi connectivity index (χ1n) is 4.53. The molecule has 0 aliphatic carbocycles. The molecule has 0 aliphatic rings. The molecule has 0 radical (unpaired) electrons. The Labute approximate surface area is 83.7 Å². The number of nitrogens with two attached hydrogens (primary N) is 1. The van der Waals surface area contributed by atoms with E-state index in [1.54, 1.807) is 24.1 Å². The summed E-state index contributed by atoms with van der Waals surface area (Å²) in [6, 6.07) is 7.10. The number of carbonyl (C=O) groups excluding carboxylic acids is 1. The van der Waals surface area contributed by atoms with Crippen LogP contribution in [0.5, 0.6) is 0 Å². The highest BCUT2D eigenvalue weighted by Crippen LogP contribution is 2.15. The molecule has 0 atom stereocenters. The third-order valence-electron chi connectivity index (χ3n) is 1.98. The topological polar surface area (TPSA) is 58.4 Å². The molecule has 14 heavy (non-hydrogen) atoms. The average molecular weight is 193 g/mol. The first kappa shape index (κ1) is 10.4. The molecule has 4 nitrogen and oxygen atoms in total. The van der Waals surface area contributed by atoms with E-state index in [2.05, 4.69) is 5.32 Å². The summed E-state index contributed by atoms with van der Waals surface area (Å²) in [5.41, 5.74) is 7.10. The highest BCUT2D eigenvalue weighted by molar-refractivity contribution is 5.91. The van der Waals surface area contributed by atoms with Crippen molar-refractivity contribution in [1.82, 2.24) is 5.32 Å². The zero-order valence-electron chi connectivity index (χ0n) is 8.45. The lowest BCUT2D eigenvalue weighted by molar-refractivity contribution is 0.248. The van der Waals surface area contributed by atoms with Crippen molar-refractivity contribution in [2.24, 2.45) is 0 Å². The van der Waals surface area contributed by atoms with Gasteiger partial charge in [0.25, 0.3) is 0 Å². The van der Waals surface area contributed by atoms with E-state index in [4.69, 9.17) is 5.73 Å². The second-order valence-corrected chi connectivity index (χ2v) is 2.89.